The van der Waals surface area contributed by atoms with E-state index in [1.807, 2.05) is 12.1 Å². The molecule has 1 aliphatic heterocycles. The topological polar surface area (TPSA) is 101 Å². The molecule has 0 aliphatic carbocycles. The van der Waals surface area contributed by atoms with Gasteiger partial charge in [0.2, 0.25) is 5.82 Å². The van der Waals surface area contributed by atoms with Gasteiger partial charge in [0.1, 0.15) is 11.2 Å². The lowest BCUT2D eigenvalue weighted by molar-refractivity contribution is 0.432. The average molecular weight is 433 g/mol. The fraction of sp³-hybridized carbons (Fsp3) is 0.263. The van der Waals surface area contributed by atoms with Gasteiger partial charge in [-0.25, -0.2) is 4.52 Å². The first-order chi connectivity index (χ1) is 13.7. The van der Waals surface area contributed by atoms with Crippen LogP contribution in [0.2, 0.25) is 5.02 Å². The summed E-state index contributed by atoms with van der Waals surface area (Å²) in [7, 11) is 0. The molecule has 0 bridgehead atoms. The molecule has 1 aliphatic rings. The number of fused-ring (bicyclic) bond motifs is 1. The molecule has 2 N–H and O–H groups in total. The monoisotopic (exact) mass is 432 g/mol. The third-order valence-electron chi connectivity index (χ3n) is 5.05. The second-order valence-corrected chi connectivity index (χ2v) is 7.27. The summed E-state index contributed by atoms with van der Waals surface area (Å²) in [5.41, 5.74) is 2.69. The lowest BCUT2D eigenvalue weighted by Crippen LogP contribution is -2.28. The summed E-state index contributed by atoms with van der Waals surface area (Å²) in [6.45, 7) is 1.86. The van der Waals surface area contributed by atoms with Crippen LogP contribution >= 0.6 is 24.0 Å². The number of rotatable bonds is 3. The summed E-state index contributed by atoms with van der Waals surface area (Å²) >= 11 is 5.93. The van der Waals surface area contributed by atoms with E-state index in [0.29, 0.717) is 27.9 Å². The van der Waals surface area contributed by atoms with E-state index in [1.165, 1.54) is 0 Å². The highest BCUT2D eigenvalue weighted by molar-refractivity contribution is 6.30. The molecule has 10 heteroatoms. The Bertz CT molecular complexity index is 1190. The number of nitrogens with one attached hydrogen (secondary N) is 2. The third kappa shape index (κ3) is 3.66. The molecule has 0 spiro atoms. The second kappa shape index (κ2) is 7.98. The van der Waals surface area contributed by atoms with E-state index < -0.39 is 0 Å². The van der Waals surface area contributed by atoms with Crippen molar-refractivity contribution in [3.05, 3.63) is 57.6 Å². The van der Waals surface area contributed by atoms with Crippen LogP contribution in [0.5, 0.6) is 0 Å². The molecule has 1 fully saturated rings. The first kappa shape index (κ1) is 19.6. The van der Waals surface area contributed by atoms with Gasteiger partial charge in [0, 0.05) is 22.6 Å². The van der Waals surface area contributed by atoms with Gasteiger partial charge in [-0.3, -0.25) is 4.79 Å². The Labute approximate surface area is 176 Å². The molecule has 0 saturated carbocycles. The highest BCUT2D eigenvalue weighted by Crippen LogP contribution is 2.29. The van der Waals surface area contributed by atoms with Crippen LogP contribution in [0.1, 0.15) is 24.5 Å². The Morgan fingerprint density at radius 2 is 1.93 bits per heavy atom. The Hall–Kier alpha value is -2.68. The standard InChI is InChI=1S/C19H17ClN6O2.ClH/c20-13-3-1-12(2-4-13)17-24-19(28-25-17)14-10-22-26-15(9-16(27)23-18(14)26)11-5-7-21-8-6-11;/h1-4,9-11,21H,5-8H2,(H,23,27);1H. The van der Waals surface area contributed by atoms with Gasteiger partial charge in [-0.1, -0.05) is 16.8 Å². The van der Waals surface area contributed by atoms with Crippen LogP contribution in [0.25, 0.3) is 28.5 Å². The van der Waals surface area contributed by atoms with Gasteiger partial charge in [0.25, 0.3) is 11.4 Å². The maximum Gasteiger partial charge on any atom is 0.263 e. The molecule has 1 saturated heterocycles. The normalized spacial score (nSPS) is 14.8. The molecular weight excluding hydrogens is 415 g/mol. The molecule has 0 radical (unpaired) electrons. The van der Waals surface area contributed by atoms with Crippen molar-refractivity contribution >= 4 is 29.7 Å². The van der Waals surface area contributed by atoms with E-state index in [2.05, 4.69) is 25.5 Å². The number of aromatic amines is 1. The fourth-order valence-electron chi connectivity index (χ4n) is 3.63. The number of hydrogen-bond donors (Lipinski definition) is 2. The van der Waals surface area contributed by atoms with Crippen LogP contribution in [0, 0.1) is 0 Å². The Morgan fingerprint density at radius 3 is 2.69 bits per heavy atom. The number of nitrogens with zero attached hydrogens (tertiary/aromatic N) is 4. The van der Waals surface area contributed by atoms with Gasteiger partial charge < -0.3 is 14.8 Å². The Kier molecular flexibility index (Phi) is 5.40. The molecule has 3 aromatic heterocycles. The molecule has 4 heterocycles. The molecule has 4 aromatic rings. The zero-order chi connectivity index (χ0) is 19.1. The largest absolute Gasteiger partial charge is 0.333 e. The maximum absolute atomic E-state index is 12.3. The van der Waals surface area contributed by atoms with Crippen LogP contribution in [-0.4, -0.2) is 37.8 Å². The molecule has 8 nitrogen and oxygen atoms in total. The average Bonchev–Trinajstić information content (AvgIpc) is 3.35. The van der Waals surface area contributed by atoms with Crippen molar-refractivity contribution in [2.45, 2.75) is 18.8 Å². The van der Waals surface area contributed by atoms with Crippen molar-refractivity contribution in [2.75, 3.05) is 13.1 Å². The number of H-pyrrole nitrogens is 1. The summed E-state index contributed by atoms with van der Waals surface area (Å²) in [5.74, 6) is 1.03. The molecule has 0 amide bonds. The number of aromatic nitrogens is 5. The van der Waals surface area contributed by atoms with Crippen molar-refractivity contribution in [1.29, 1.82) is 0 Å². The molecule has 1 aromatic carbocycles. The van der Waals surface area contributed by atoms with Crippen LogP contribution in [0.3, 0.4) is 0 Å². The third-order valence-corrected chi connectivity index (χ3v) is 5.30. The predicted molar refractivity (Wildman–Crippen MR) is 112 cm³/mol. The summed E-state index contributed by atoms with van der Waals surface area (Å²) in [5, 5.41) is 12.5. The zero-order valence-corrected chi connectivity index (χ0v) is 16.8. The van der Waals surface area contributed by atoms with E-state index in [1.54, 1.807) is 28.9 Å². The van der Waals surface area contributed by atoms with E-state index >= 15 is 0 Å². The van der Waals surface area contributed by atoms with Crippen molar-refractivity contribution in [3.63, 3.8) is 0 Å². The predicted octanol–water partition coefficient (Wildman–Crippen LogP) is 3.28. The summed E-state index contributed by atoms with van der Waals surface area (Å²) in [6, 6.07) is 8.82. The van der Waals surface area contributed by atoms with Gasteiger partial charge in [-0.2, -0.15) is 10.1 Å². The fourth-order valence-corrected chi connectivity index (χ4v) is 3.75. The quantitative estimate of drug-likeness (QED) is 0.514. The number of halogens is 2. The van der Waals surface area contributed by atoms with Gasteiger partial charge in [0.15, 0.2) is 0 Å². The van der Waals surface area contributed by atoms with Crippen LogP contribution in [-0.2, 0) is 0 Å². The Balaban J connectivity index is 0.00000205. The lowest BCUT2D eigenvalue weighted by atomic mass is 9.94. The number of piperidine rings is 1. The first-order valence-electron chi connectivity index (χ1n) is 9.11. The highest BCUT2D eigenvalue weighted by Gasteiger charge is 2.22. The van der Waals surface area contributed by atoms with Gasteiger partial charge in [-0.05, 0) is 50.2 Å². The molecule has 5 rings (SSSR count). The second-order valence-electron chi connectivity index (χ2n) is 6.83. The molecule has 150 valence electrons. The molecule has 29 heavy (non-hydrogen) atoms. The van der Waals surface area contributed by atoms with Gasteiger partial charge >= 0.3 is 0 Å². The first-order valence-corrected chi connectivity index (χ1v) is 9.48. The number of hydrogen-bond acceptors (Lipinski definition) is 6. The van der Waals surface area contributed by atoms with Crippen molar-refractivity contribution < 1.29 is 4.52 Å². The minimum Gasteiger partial charge on any atom is -0.333 e. The van der Waals surface area contributed by atoms with Gasteiger partial charge in [0.05, 0.1) is 11.9 Å². The van der Waals surface area contributed by atoms with E-state index in [9.17, 15) is 4.79 Å². The number of benzene rings is 1. The van der Waals surface area contributed by atoms with Crippen molar-refractivity contribution in [3.8, 4) is 22.8 Å². The van der Waals surface area contributed by atoms with E-state index in [-0.39, 0.29) is 23.9 Å². The van der Waals surface area contributed by atoms with Crippen LogP contribution in [0.4, 0.5) is 0 Å². The van der Waals surface area contributed by atoms with Crippen molar-refractivity contribution in [2.24, 2.45) is 0 Å². The lowest BCUT2D eigenvalue weighted by Gasteiger charge is -2.23. The van der Waals surface area contributed by atoms with Crippen LogP contribution < -0.4 is 10.9 Å². The van der Waals surface area contributed by atoms with Crippen LogP contribution in [0.15, 0.2) is 45.8 Å². The molecule has 0 atom stereocenters. The summed E-state index contributed by atoms with van der Waals surface area (Å²) in [4.78, 5) is 19.6. The van der Waals surface area contributed by atoms with E-state index in [0.717, 1.165) is 37.2 Å². The molecule has 0 unspecified atom stereocenters. The maximum atomic E-state index is 12.3. The van der Waals surface area contributed by atoms with Crippen molar-refractivity contribution in [1.82, 2.24) is 30.1 Å². The smallest absolute Gasteiger partial charge is 0.263 e. The minimum atomic E-state index is -0.166. The van der Waals surface area contributed by atoms with Gasteiger partial charge in [-0.15, -0.1) is 12.4 Å². The summed E-state index contributed by atoms with van der Waals surface area (Å²) in [6.07, 6.45) is 3.58. The SMILES string of the molecule is Cl.O=c1cc(C2CCNCC2)n2ncc(-c3nc(-c4ccc(Cl)cc4)no3)c2[nH]1. The zero-order valence-electron chi connectivity index (χ0n) is 15.3. The minimum absolute atomic E-state index is 0. The van der Waals surface area contributed by atoms with E-state index in [4.69, 9.17) is 16.1 Å². The molecular formula is C19H18Cl2N6O2. The highest BCUT2D eigenvalue weighted by atomic mass is 35.5. The Morgan fingerprint density at radius 1 is 1.17 bits per heavy atom. The summed E-state index contributed by atoms with van der Waals surface area (Å²) < 4.78 is 7.22.